The lowest BCUT2D eigenvalue weighted by Crippen LogP contribution is -2.54. The van der Waals surface area contributed by atoms with Crippen molar-refractivity contribution >= 4 is 28.5 Å². The highest BCUT2D eigenvalue weighted by Crippen LogP contribution is 2.29. The van der Waals surface area contributed by atoms with Gasteiger partial charge < -0.3 is 9.64 Å². The summed E-state index contributed by atoms with van der Waals surface area (Å²) in [5.41, 5.74) is 4.95. The van der Waals surface area contributed by atoms with Gasteiger partial charge in [-0.3, -0.25) is 25.2 Å². The zero-order valence-electron chi connectivity index (χ0n) is 18.5. The number of nitrogens with zero attached hydrogens (tertiary/aromatic N) is 1. The summed E-state index contributed by atoms with van der Waals surface area (Å²) < 4.78 is 5.75. The highest BCUT2D eigenvalue weighted by molar-refractivity contribution is 5.91. The normalized spacial score (nSPS) is 20.0. The maximum absolute atomic E-state index is 12.9. The van der Waals surface area contributed by atoms with Crippen LogP contribution in [0.15, 0.2) is 42.5 Å². The van der Waals surface area contributed by atoms with Gasteiger partial charge in [0.05, 0.1) is 0 Å². The average Bonchev–Trinajstić information content (AvgIpc) is 3.32. The predicted molar refractivity (Wildman–Crippen MR) is 122 cm³/mol. The zero-order chi connectivity index (χ0) is 22.5. The van der Waals surface area contributed by atoms with Crippen molar-refractivity contribution < 1.29 is 19.1 Å². The second-order valence-electron chi connectivity index (χ2n) is 8.77. The van der Waals surface area contributed by atoms with Crippen molar-refractivity contribution in [2.75, 3.05) is 6.54 Å². The number of carbonyl (C=O) groups is 3. The van der Waals surface area contributed by atoms with Gasteiger partial charge in [-0.1, -0.05) is 49.6 Å². The highest BCUT2D eigenvalue weighted by atomic mass is 16.5. The van der Waals surface area contributed by atoms with Crippen molar-refractivity contribution in [3.63, 3.8) is 0 Å². The molecule has 0 aromatic heterocycles. The standard InChI is InChI=1S/C25H31N3O4/c1-17(32-21-14-13-18-8-5-6-11-20(18)16-21)23(29)26-27-24(30)22-12-7-15-28(22)25(31)19-9-3-2-4-10-19/h5-6,8,11,13-14,16-17,19,22H,2-4,7,9-10,12,15H2,1H3,(H,26,29)(H,27,30). The quantitative estimate of drug-likeness (QED) is 0.703. The lowest BCUT2D eigenvalue weighted by atomic mass is 9.88. The van der Waals surface area contributed by atoms with E-state index in [4.69, 9.17) is 4.74 Å². The molecule has 7 nitrogen and oxygen atoms in total. The molecule has 3 amide bonds. The fourth-order valence-corrected chi connectivity index (χ4v) is 4.69. The molecule has 32 heavy (non-hydrogen) atoms. The minimum Gasteiger partial charge on any atom is -0.481 e. The Balaban J connectivity index is 1.29. The van der Waals surface area contributed by atoms with Crippen molar-refractivity contribution in [1.29, 1.82) is 0 Å². The number of hydrazine groups is 1. The van der Waals surface area contributed by atoms with E-state index in [0.29, 0.717) is 18.7 Å². The molecule has 1 aliphatic heterocycles. The zero-order valence-corrected chi connectivity index (χ0v) is 18.5. The third-order valence-corrected chi connectivity index (χ3v) is 6.50. The lowest BCUT2D eigenvalue weighted by Gasteiger charge is -2.30. The molecule has 2 aromatic rings. The summed E-state index contributed by atoms with van der Waals surface area (Å²) in [5.74, 6) is -0.103. The van der Waals surface area contributed by atoms with E-state index in [1.165, 1.54) is 6.42 Å². The summed E-state index contributed by atoms with van der Waals surface area (Å²) >= 11 is 0. The van der Waals surface area contributed by atoms with E-state index < -0.39 is 18.1 Å². The van der Waals surface area contributed by atoms with Crippen molar-refractivity contribution in [3.05, 3.63) is 42.5 Å². The first-order valence-corrected chi connectivity index (χ1v) is 11.6. The number of nitrogens with one attached hydrogen (secondary N) is 2. The number of hydrogen-bond donors (Lipinski definition) is 2. The third-order valence-electron chi connectivity index (χ3n) is 6.50. The predicted octanol–water partition coefficient (Wildman–Crippen LogP) is 3.33. The summed E-state index contributed by atoms with van der Waals surface area (Å²) in [7, 11) is 0. The van der Waals surface area contributed by atoms with Crippen LogP contribution in [0.1, 0.15) is 51.9 Å². The molecule has 2 N–H and O–H groups in total. The first-order chi connectivity index (χ1) is 15.5. The topological polar surface area (TPSA) is 87.7 Å². The second kappa shape index (κ2) is 10.0. The number of hydrogen-bond acceptors (Lipinski definition) is 4. The van der Waals surface area contributed by atoms with Crippen LogP contribution in [0.5, 0.6) is 5.75 Å². The molecule has 0 radical (unpaired) electrons. The van der Waals surface area contributed by atoms with E-state index in [9.17, 15) is 14.4 Å². The lowest BCUT2D eigenvalue weighted by molar-refractivity contribution is -0.143. The molecule has 0 bridgehead atoms. The van der Waals surface area contributed by atoms with E-state index in [-0.39, 0.29) is 17.7 Å². The Morgan fingerprint density at radius 3 is 2.47 bits per heavy atom. The summed E-state index contributed by atoms with van der Waals surface area (Å²) in [5, 5.41) is 2.11. The molecule has 2 atom stereocenters. The number of rotatable bonds is 5. The number of ether oxygens (including phenoxy) is 1. The average molecular weight is 438 g/mol. The molecule has 7 heteroatoms. The Labute approximate surface area is 188 Å². The van der Waals surface area contributed by atoms with Gasteiger partial charge in [0.2, 0.25) is 5.91 Å². The summed E-state index contributed by atoms with van der Waals surface area (Å²) in [6.45, 7) is 2.23. The van der Waals surface area contributed by atoms with Gasteiger partial charge in [0.25, 0.3) is 11.8 Å². The van der Waals surface area contributed by atoms with E-state index in [1.807, 2.05) is 42.5 Å². The first kappa shape index (κ1) is 22.1. The molecule has 170 valence electrons. The molecule has 1 heterocycles. The maximum Gasteiger partial charge on any atom is 0.279 e. The molecule has 2 aliphatic rings. The molecule has 0 spiro atoms. The fraction of sp³-hybridized carbons (Fsp3) is 0.480. The number of likely N-dealkylation sites (tertiary alicyclic amines) is 1. The third kappa shape index (κ3) is 5.03. The van der Waals surface area contributed by atoms with Crippen LogP contribution in [-0.4, -0.2) is 41.3 Å². The molecule has 2 unspecified atom stereocenters. The SMILES string of the molecule is CC(Oc1ccc2ccccc2c1)C(=O)NNC(=O)C1CCCN1C(=O)C1CCCCC1. The molecule has 1 saturated carbocycles. The number of benzene rings is 2. The summed E-state index contributed by atoms with van der Waals surface area (Å²) in [6.07, 6.45) is 5.76. The summed E-state index contributed by atoms with van der Waals surface area (Å²) in [4.78, 5) is 39.8. The Bertz CT molecular complexity index is 986. The van der Waals surface area contributed by atoms with Crippen LogP contribution in [0.2, 0.25) is 0 Å². The van der Waals surface area contributed by atoms with Crippen LogP contribution < -0.4 is 15.6 Å². The van der Waals surface area contributed by atoms with Gasteiger partial charge in [0.1, 0.15) is 11.8 Å². The van der Waals surface area contributed by atoms with Crippen molar-refractivity contribution in [2.45, 2.75) is 64.0 Å². The van der Waals surface area contributed by atoms with Crippen LogP contribution in [0.25, 0.3) is 10.8 Å². The van der Waals surface area contributed by atoms with Gasteiger partial charge >= 0.3 is 0 Å². The van der Waals surface area contributed by atoms with Crippen LogP contribution in [-0.2, 0) is 14.4 Å². The van der Waals surface area contributed by atoms with E-state index in [0.717, 1.165) is 42.9 Å². The van der Waals surface area contributed by atoms with E-state index in [1.54, 1.807) is 11.8 Å². The molecule has 2 aromatic carbocycles. The van der Waals surface area contributed by atoms with Gasteiger partial charge in [-0.25, -0.2) is 0 Å². The smallest absolute Gasteiger partial charge is 0.279 e. The minimum absolute atomic E-state index is 0.0297. The number of carbonyl (C=O) groups excluding carboxylic acids is 3. The molecular formula is C25H31N3O4. The molecular weight excluding hydrogens is 406 g/mol. The number of fused-ring (bicyclic) bond motifs is 1. The maximum atomic E-state index is 12.9. The first-order valence-electron chi connectivity index (χ1n) is 11.6. The Morgan fingerprint density at radius 1 is 0.938 bits per heavy atom. The molecule has 4 rings (SSSR count). The second-order valence-corrected chi connectivity index (χ2v) is 8.77. The van der Waals surface area contributed by atoms with Crippen LogP contribution >= 0.6 is 0 Å². The van der Waals surface area contributed by atoms with Crippen molar-refractivity contribution in [1.82, 2.24) is 15.8 Å². The largest absolute Gasteiger partial charge is 0.481 e. The fourth-order valence-electron chi connectivity index (χ4n) is 4.69. The van der Waals surface area contributed by atoms with E-state index in [2.05, 4.69) is 10.9 Å². The van der Waals surface area contributed by atoms with Gasteiger partial charge in [-0.05, 0) is 55.5 Å². The Morgan fingerprint density at radius 2 is 1.69 bits per heavy atom. The molecule has 1 aliphatic carbocycles. The van der Waals surface area contributed by atoms with Gasteiger partial charge in [0, 0.05) is 12.5 Å². The number of amides is 3. The van der Waals surface area contributed by atoms with Crippen LogP contribution in [0.3, 0.4) is 0 Å². The molecule has 2 fully saturated rings. The highest BCUT2D eigenvalue weighted by Gasteiger charge is 2.37. The minimum atomic E-state index is -0.792. The Hall–Kier alpha value is -3.09. The van der Waals surface area contributed by atoms with E-state index >= 15 is 0 Å². The van der Waals surface area contributed by atoms with Gasteiger partial charge in [-0.15, -0.1) is 0 Å². The Kier molecular flexibility index (Phi) is 6.93. The molecule has 1 saturated heterocycles. The van der Waals surface area contributed by atoms with Crippen LogP contribution in [0.4, 0.5) is 0 Å². The van der Waals surface area contributed by atoms with Crippen molar-refractivity contribution in [2.24, 2.45) is 5.92 Å². The summed E-state index contributed by atoms with van der Waals surface area (Å²) in [6, 6.07) is 13.0. The monoisotopic (exact) mass is 437 g/mol. The van der Waals surface area contributed by atoms with Gasteiger partial charge in [-0.2, -0.15) is 0 Å². The van der Waals surface area contributed by atoms with Crippen molar-refractivity contribution in [3.8, 4) is 5.75 Å². The van der Waals surface area contributed by atoms with Crippen LogP contribution in [0, 0.1) is 5.92 Å². The van der Waals surface area contributed by atoms with Gasteiger partial charge in [0.15, 0.2) is 6.10 Å².